The van der Waals surface area contributed by atoms with Gasteiger partial charge in [-0.15, -0.1) is 5.10 Å². The van der Waals surface area contributed by atoms with Crippen LogP contribution >= 0.6 is 0 Å². The predicted octanol–water partition coefficient (Wildman–Crippen LogP) is 3.32. The van der Waals surface area contributed by atoms with Crippen molar-refractivity contribution in [2.24, 2.45) is 0 Å². The fourth-order valence-corrected chi connectivity index (χ4v) is 3.06. The molecule has 0 aliphatic carbocycles. The third-order valence-corrected chi connectivity index (χ3v) is 4.50. The number of hydrogen-bond acceptors (Lipinski definition) is 6. The topological polar surface area (TPSA) is 102 Å². The molecule has 8 heteroatoms. The Bertz CT molecular complexity index is 1000. The third kappa shape index (κ3) is 4.43. The van der Waals surface area contributed by atoms with E-state index in [2.05, 4.69) is 45.0 Å². The minimum atomic E-state index is -0.479. The molecule has 4 rings (SSSR count). The van der Waals surface area contributed by atoms with Crippen molar-refractivity contribution in [2.45, 2.75) is 25.9 Å². The molecule has 0 bridgehead atoms. The highest BCUT2D eigenvalue weighted by molar-refractivity contribution is 6.03. The van der Waals surface area contributed by atoms with Crippen molar-refractivity contribution in [3.8, 4) is 11.5 Å². The minimum Gasteiger partial charge on any atom is -0.485 e. The summed E-state index contributed by atoms with van der Waals surface area (Å²) in [5.41, 5.74) is 2.78. The summed E-state index contributed by atoms with van der Waals surface area (Å²) in [6.45, 7) is 2.43. The standard InChI is InChI=1S/C21H21N5O3/c1-2-4-14-7-9-15(10-8-14)11-12-19(27)22-16-5-3-6-17-20(16)29-18(13-28-17)21-23-25-26-24-21/h3,5-12,18H,2,4,13H2,1H3,(H,22,27)(H,23,24,25,26). The average molecular weight is 391 g/mol. The summed E-state index contributed by atoms with van der Waals surface area (Å²) >= 11 is 0. The summed E-state index contributed by atoms with van der Waals surface area (Å²) in [5.74, 6) is 1.21. The summed E-state index contributed by atoms with van der Waals surface area (Å²) in [5, 5.41) is 16.5. The number of carbonyl (C=O) groups is 1. The Labute approximate surface area is 167 Å². The molecular weight excluding hydrogens is 370 g/mol. The van der Waals surface area contributed by atoms with Crippen molar-refractivity contribution in [2.75, 3.05) is 11.9 Å². The lowest BCUT2D eigenvalue weighted by Gasteiger charge is -2.26. The molecule has 0 radical (unpaired) electrons. The molecule has 0 saturated carbocycles. The van der Waals surface area contributed by atoms with Crippen molar-refractivity contribution in [1.82, 2.24) is 20.6 Å². The number of rotatable bonds is 6. The fraction of sp³-hybridized carbons (Fsp3) is 0.238. The second kappa shape index (κ2) is 8.55. The van der Waals surface area contributed by atoms with E-state index in [0.29, 0.717) is 23.0 Å². The fourth-order valence-electron chi connectivity index (χ4n) is 3.06. The predicted molar refractivity (Wildman–Crippen MR) is 108 cm³/mol. The van der Waals surface area contributed by atoms with Crippen LogP contribution in [0.25, 0.3) is 6.08 Å². The van der Waals surface area contributed by atoms with Gasteiger partial charge in [-0.3, -0.25) is 4.79 Å². The highest BCUT2D eigenvalue weighted by Gasteiger charge is 2.27. The number of nitrogens with zero attached hydrogens (tertiary/aromatic N) is 3. The van der Waals surface area contributed by atoms with Crippen LogP contribution in [0.4, 0.5) is 5.69 Å². The van der Waals surface area contributed by atoms with Crippen molar-refractivity contribution in [3.05, 3.63) is 65.5 Å². The lowest BCUT2D eigenvalue weighted by atomic mass is 10.1. The number of benzene rings is 2. The van der Waals surface area contributed by atoms with Gasteiger partial charge in [0.25, 0.3) is 0 Å². The molecule has 2 aromatic carbocycles. The molecule has 148 valence electrons. The van der Waals surface area contributed by atoms with E-state index in [4.69, 9.17) is 9.47 Å². The van der Waals surface area contributed by atoms with Crippen molar-refractivity contribution in [3.63, 3.8) is 0 Å². The van der Waals surface area contributed by atoms with E-state index in [1.807, 2.05) is 12.1 Å². The monoisotopic (exact) mass is 391 g/mol. The Morgan fingerprint density at radius 1 is 1.28 bits per heavy atom. The summed E-state index contributed by atoms with van der Waals surface area (Å²) < 4.78 is 11.7. The number of aromatic amines is 1. The normalized spacial score (nSPS) is 15.4. The van der Waals surface area contributed by atoms with E-state index in [-0.39, 0.29) is 12.5 Å². The molecule has 1 unspecified atom stereocenters. The third-order valence-electron chi connectivity index (χ3n) is 4.50. The maximum Gasteiger partial charge on any atom is 0.248 e. The summed E-state index contributed by atoms with van der Waals surface area (Å²) in [6, 6.07) is 13.5. The van der Waals surface area contributed by atoms with Crippen molar-refractivity contribution >= 4 is 17.7 Å². The highest BCUT2D eigenvalue weighted by atomic mass is 16.6. The number of fused-ring (bicyclic) bond motifs is 1. The second-order valence-corrected chi connectivity index (χ2v) is 6.65. The van der Waals surface area contributed by atoms with E-state index in [9.17, 15) is 4.79 Å². The zero-order chi connectivity index (χ0) is 20.1. The summed E-state index contributed by atoms with van der Waals surface area (Å²) in [4.78, 5) is 12.4. The Kier molecular flexibility index (Phi) is 5.51. The number of hydrogen-bond donors (Lipinski definition) is 2. The van der Waals surface area contributed by atoms with Crippen LogP contribution in [-0.4, -0.2) is 33.1 Å². The van der Waals surface area contributed by atoms with Crippen LogP contribution in [0.5, 0.6) is 11.5 Å². The van der Waals surface area contributed by atoms with E-state index in [1.165, 1.54) is 11.6 Å². The van der Waals surface area contributed by atoms with Gasteiger partial charge in [-0.05, 0) is 46.2 Å². The number of para-hydroxylation sites is 1. The Morgan fingerprint density at radius 3 is 2.90 bits per heavy atom. The molecule has 1 aromatic heterocycles. The molecule has 8 nitrogen and oxygen atoms in total. The molecule has 1 atom stereocenters. The maximum absolute atomic E-state index is 12.4. The zero-order valence-electron chi connectivity index (χ0n) is 16.0. The van der Waals surface area contributed by atoms with E-state index in [0.717, 1.165) is 18.4 Å². The molecule has 1 aliphatic heterocycles. The highest BCUT2D eigenvalue weighted by Crippen LogP contribution is 2.41. The summed E-state index contributed by atoms with van der Waals surface area (Å²) in [6.07, 6.45) is 4.96. The molecule has 1 aliphatic rings. The maximum atomic E-state index is 12.4. The lowest BCUT2D eigenvalue weighted by Crippen LogP contribution is -2.24. The Morgan fingerprint density at radius 2 is 2.14 bits per heavy atom. The SMILES string of the molecule is CCCc1ccc(C=CC(=O)Nc2cccc3c2OC(c2nnn[nH]2)CO3)cc1. The van der Waals surface area contributed by atoms with Gasteiger partial charge in [0.1, 0.15) is 6.61 Å². The van der Waals surface area contributed by atoms with Gasteiger partial charge in [-0.1, -0.05) is 43.7 Å². The van der Waals surface area contributed by atoms with Gasteiger partial charge in [-0.25, -0.2) is 5.10 Å². The number of aryl methyl sites for hydroxylation is 1. The van der Waals surface area contributed by atoms with Gasteiger partial charge in [0.15, 0.2) is 23.4 Å². The number of ether oxygens (including phenoxy) is 2. The van der Waals surface area contributed by atoms with Gasteiger partial charge in [-0.2, -0.15) is 0 Å². The number of aromatic nitrogens is 4. The molecule has 2 N–H and O–H groups in total. The van der Waals surface area contributed by atoms with Gasteiger partial charge in [0, 0.05) is 6.08 Å². The molecule has 0 saturated heterocycles. The molecular formula is C21H21N5O3. The van der Waals surface area contributed by atoms with Gasteiger partial charge in [0.05, 0.1) is 5.69 Å². The summed E-state index contributed by atoms with van der Waals surface area (Å²) in [7, 11) is 0. The lowest BCUT2D eigenvalue weighted by molar-refractivity contribution is -0.111. The largest absolute Gasteiger partial charge is 0.485 e. The van der Waals surface area contributed by atoms with Gasteiger partial charge >= 0.3 is 0 Å². The van der Waals surface area contributed by atoms with Crippen molar-refractivity contribution in [1.29, 1.82) is 0 Å². The Balaban J connectivity index is 1.45. The molecule has 1 amide bonds. The van der Waals surface area contributed by atoms with E-state index < -0.39 is 6.10 Å². The first-order valence-electron chi connectivity index (χ1n) is 9.47. The van der Waals surface area contributed by atoms with Gasteiger partial charge < -0.3 is 14.8 Å². The van der Waals surface area contributed by atoms with Crippen LogP contribution in [0.2, 0.25) is 0 Å². The molecule has 2 heterocycles. The number of carbonyl (C=O) groups excluding carboxylic acids is 1. The molecule has 29 heavy (non-hydrogen) atoms. The number of tetrazole rings is 1. The molecule has 0 fully saturated rings. The van der Waals surface area contributed by atoms with Crippen LogP contribution in [0.3, 0.4) is 0 Å². The van der Waals surface area contributed by atoms with Crippen molar-refractivity contribution < 1.29 is 14.3 Å². The molecule has 3 aromatic rings. The molecule has 0 spiro atoms. The average Bonchev–Trinajstić information content (AvgIpc) is 3.28. The number of anilines is 1. The smallest absolute Gasteiger partial charge is 0.248 e. The zero-order valence-corrected chi connectivity index (χ0v) is 16.0. The first-order valence-corrected chi connectivity index (χ1v) is 9.47. The van der Waals surface area contributed by atoms with Crippen LogP contribution in [0.15, 0.2) is 48.5 Å². The van der Waals surface area contributed by atoms with Crippen LogP contribution in [0.1, 0.15) is 36.4 Å². The van der Waals surface area contributed by atoms with E-state index in [1.54, 1.807) is 24.3 Å². The van der Waals surface area contributed by atoms with E-state index >= 15 is 0 Å². The van der Waals surface area contributed by atoms with Crippen LogP contribution < -0.4 is 14.8 Å². The second-order valence-electron chi connectivity index (χ2n) is 6.65. The number of nitrogens with one attached hydrogen (secondary N) is 2. The van der Waals surface area contributed by atoms with Crippen LogP contribution in [-0.2, 0) is 11.2 Å². The number of amides is 1. The number of H-pyrrole nitrogens is 1. The quantitative estimate of drug-likeness (QED) is 0.625. The van der Waals surface area contributed by atoms with Gasteiger partial charge in [0.2, 0.25) is 5.91 Å². The first-order chi connectivity index (χ1) is 14.2. The minimum absolute atomic E-state index is 0.261. The first kappa shape index (κ1) is 18.7. The van der Waals surface area contributed by atoms with Crippen LogP contribution in [0, 0.1) is 0 Å². The Hall–Kier alpha value is -3.68.